The first kappa shape index (κ1) is 15.6. The first-order valence-electron chi connectivity index (χ1n) is 6.87. The Hall–Kier alpha value is -1.82. The van der Waals surface area contributed by atoms with Gasteiger partial charge in [-0.3, -0.25) is 4.79 Å². The molecule has 0 radical (unpaired) electrons. The Balaban J connectivity index is 2.15. The van der Waals surface area contributed by atoms with E-state index in [0.29, 0.717) is 16.6 Å². The van der Waals surface area contributed by atoms with Crippen LogP contribution in [-0.2, 0) is 5.41 Å². The molecule has 2 heterocycles. The summed E-state index contributed by atoms with van der Waals surface area (Å²) in [5.41, 5.74) is 0.803. The summed E-state index contributed by atoms with van der Waals surface area (Å²) in [5.74, 6) is 0.653. The predicted octanol–water partition coefficient (Wildman–Crippen LogP) is 3.61. The SMILES string of the molecule is CC(C)c1ncc(C(=O)Nc2cc(C(C)(C)C)ncn2)s1. The Morgan fingerprint density at radius 3 is 2.52 bits per heavy atom. The molecule has 1 amide bonds. The first-order chi connectivity index (χ1) is 9.77. The minimum absolute atomic E-state index is 0.0856. The molecule has 6 heteroatoms. The second-order valence-electron chi connectivity index (χ2n) is 6.21. The molecule has 0 spiro atoms. The van der Waals surface area contributed by atoms with Crippen LogP contribution >= 0.6 is 11.3 Å². The fourth-order valence-corrected chi connectivity index (χ4v) is 2.49. The number of rotatable bonds is 3. The Morgan fingerprint density at radius 2 is 1.95 bits per heavy atom. The normalized spacial score (nSPS) is 11.7. The van der Waals surface area contributed by atoms with Crippen molar-refractivity contribution in [1.29, 1.82) is 0 Å². The van der Waals surface area contributed by atoms with Gasteiger partial charge in [0.15, 0.2) is 0 Å². The van der Waals surface area contributed by atoms with Crippen molar-refractivity contribution in [3.63, 3.8) is 0 Å². The summed E-state index contributed by atoms with van der Waals surface area (Å²) in [5, 5.41) is 3.76. The number of hydrogen-bond donors (Lipinski definition) is 1. The van der Waals surface area contributed by atoms with E-state index < -0.39 is 0 Å². The van der Waals surface area contributed by atoms with E-state index in [2.05, 4.69) is 54.9 Å². The van der Waals surface area contributed by atoms with Gasteiger partial charge >= 0.3 is 0 Å². The Labute approximate surface area is 128 Å². The van der Waals surface area contributed by atoms with E-state index in [-0.39, 0.29) is 11.3 Å². The summed E-state index contributed by atoms with van der Waals surface area (Å²) in [6.07, 6.45) is 3.09. The van der Waals surface area contributed by atoms with Gasteiger partial charge in [0.2, 0.25) is 0 Å². The lowest BCUT2D eigenvalue weighted by Gasteiger charge is -2.17. The molecule has 21 heavy (non-hydrogen) atoms. The maximum Gasteiger partial charge on any atom is 0.268 e. The summed E-state index contributed by atoms with van der Waals surface area (Å²) in [7, 11) is 0. The van der Waals surface area contributed by atoms with Gasteiger partial charge in [0, 0.05) is 17.4 Å². The maximum atomic E-state index is 12.2. The highest BCUT2D eigenvalue weighted by Crippen LogP contribution is 2.23. The third-order valence-corrected chi connectivity index (χ3v) is 4.22. The molecule has 1 N–H and O–H groups in total. The van der Waals surface area contributed by atoms with Crippen molar-refractivity contribution < 1.29 is 4.79 Å². The van der Waals surface area contributed by atoms with Crippen molar-refractivity contribution in [2.45, 2.75) is 46.0 Å². The van der Waals surface area contributed by atoms with Crippen LogP contribution in [0.5, 0.6) is 0 Å². The zero-order chi connectivity index (χ0) is 15.6. The lowest BCUT2D eigenvalue weighted by atomic mass is 9.92. The van der Waals surface area contributed by atoms with Gasteiger partial charge in [-0.1, -0.05) is 34.6 Å². The fraction of sp³-hybridized carbons (Fsp3) is 0.467. The third kappa shape index (κ3) is 3.85. The highest BCUT2D eigenvalue weighted by Gasteiger charge is 2.18. The molecule has 0 saturated heterocycles. The Kier molecular flexibility index (Phi) is 4.37. The van der Waals surface area contributed by atoms with E-state index in [1.54, 1.807) is 6.20 Å². The number of aromatic nitrogens is 3. The predicted molar refractivity (Wildman–Crippen MR) is 84.9 cm³/mol. The number of thiazole rings is 1. The molecule has 0 aromatic carbocycles. The van der Waals surface area contributed by atoms with Crippen molar-refractivity contribution in [3.8, 4) is 0 Å². The second-order valence-corrected chi connectivity index (χ2v) is 7.27. The van der Waals surface area contributed by atoms with E-state index in [0.717, 1.165) is 10.7 Å². The number of nitrogens with zero attached hydrogens (tertiary/aromatic N) is 3. The molecular weight excluding hydrogens is 284 g/mol. The van der Waals surface area contributed by atoms with Crippen molar-refractivity contribution in [3.05, 3.63) is 34.2 Å². The van der Waals surface area contributed by atoms with Gasteiger partial charge in [0.1, 0.15) is 17.0 Å². The third-order valence-electron chi connectivity index (χ3n) is 2.92. The molecule has 0 atom stereocenters. The Morgan fingerprint density at radius 1 is 1.24 bits per heavy atom. The smallest absolute Gasteiger partial charge is 0.268 e. The van der Waals surface area contributed by atoms with Crippen LogP contribution in [0.3, 0.4) is 0 Å². The fourth-order valence-electron chi connectivity index (χ4n) is 1.67. The molecule has 0 aliphatic heterocycles. The molecule has 0 unspecified atom stereocenters. The highest BCUT2D eigenvalue weighted by molar-refractivity contribution is 7.13. The number of hydrogen-bond acceptors (Lipinski definition) is 5. The van der Waals surface area contributed by atoms with Crippen LogP contribution in [0.1, 0.15) is 60.9 Å². The molecule has 0 saturated carbocycles. The minimum atomic E-state index is -0.182. The van der Waals surface area contributed by atoms with Crippen LogP contribution in [0.2, 0.25) is 0 Å². The van der Waals surface area contributed by atoms with Crippen molar-refractivity contribution in [1.82, 2.24) is 15.0 Å². The largest absolute Gasteiger partial charge is 0.306 e. The summed E-state index contributed by atoms with van der Waals surface area (Å²) in [6, 6.07) is 1.81. The zero-order valence-corrected chi connectivity index (χ0v) is 13.8. The average molecular weight is 304 g/mol. The van der Waals surface area contributed by atoms with Gasteiger partial charge < -0.3 is 5.32 Å². The van der Waals surface area contributed by atoms with Gasteiger partial charge in [-0.15, -0.1) is 11.3 Å². The molecule has 2 aromatic heterocycles. The van der Waals surface area contributed by atoms with Crippen LogP contribution < -0.4 is 5.32 Å². The van der Waals surface area contributed by atoms with Gasteiger partial charge in [-0.25, -0.2) is 15.0 Å². The number of nitrogens with one attached hydrogen (secondary N) is 1. The molecule has 5 nitrogen and oxygen atoms in total. The Bertz CT molecular complexity index is 643. The van der Waals surface area contributed by atoms with E-state index >= 15 is 0 Å². The van der Waals surface area contributed by atoms with Crippen LogP contribution in [-0.4, -0.2) is 20.9 Å². The topological polar surface area (TPSA) is 67.8 Å². The number of carbonyl (C=O) groups excluding carboxylic acids is 1. The molecule has 0 bridgehead atoms. The molecule has 0 fully saturated rings. The molecular formula is C15H20N4OS. The molecule has 0 aliphatic carbocycles. The van der Waals surface area contributed by atoms with Gasteiger partial charge in [-0.05, 0) is 0 Å². The second kappa shape index (κ2) is 5.89. The maximum absolute atomic E-state index is 12.2. The molecule has 2 aromatic rings. The lowest BCUT2D eigenvalue weighted by molar-refractivity contribution is 0.103. The molecule has 2 rings (SSSR count). The quantitative estimate of drug-likeness (QED) is 0.940. The summed E-state index contributed by atoms with van der Waals surface area (Å²) in [4.78, 5) is 25.4. The average Bonchev–Trinajstić information content (AvgIpc) is 2.88. The first-order valence-corrected chi connectivity index (χ1v) is 7.68. The lowest BCUT2D eigenvalue weighted by Crippen LogP contribution is -2.16. The van der Waals surface area contributed by atoms with Crippen molar-refractivity contribution >= 4 is 23.1 Å². The van der Waals surface area contributed by atoms with E-state index in [4.69, 9.17) is 0 Å². The van der Waals surface area contributed by atoms with Crippen LogP contribution in [0.25, 0.3) is 0 Å². The van der Waals surface area contributed by atoms with Gasteiger partial charge in [0.05, 0.1) is 16.9 Å². The zero-order valence-electron chi connectivity index (χ0n) is 13.0. The van der Waals surface area contributed by atoms with E-state index in [1.807, 2.05) is 6.07 Å². The van der Waals surface area contributed by atoms with Crippen LogP contribution in [0, 0.1) is 0 Å². The molecule has 0 aliphatic rings. The van der Waals surface area contributed by atoms with Crippen molar-refractivity contribution in [2.75, 3.05) is 5.32 Å². The highest BCUT2D eigenvalue weighted by atomic mass is 32.1. The van der Waals surface area contributed by atoms with Gasteiger partial charge in [-0.2, -0.15) is 0 Å². The number of anilines is 1. The number of carbonyl (C=O) groups is 1. The van der Waals surface area contributed by atoms with Crippen LogP contribution in [0.15, 0.2) is 18.6 Å². The summed E-state index contributed by atoms with van der Waals surface area (Å²) < 4.78 is 0. The van der Waals surface area contributed by atoms with Crippen molar-refractivity contribution in [2.24, 2.45) is 0 Å². The molecule has 112 valence electrons. The summed E-state index contributed by atoms with van der Waals surface area (Å²) >= 11 is 1.41. The minimum Gasteiger partial charge on any atom is -0.306 e. The standard InChI is InChI=1S/C15H20N4OS/c1-9(2)14-16-7-10(21-14)13(20)19-12-6-11(15(3,4)5)17-8-18-12/h6-9H,1-5H3,(H,17,18,19,20). The van der Waals surface area contributed by atoms with Crippen LogP contribution in [0.4, 0.5) is 5.82 Å². The van der Waals surface area contributed by atoms with E-state index in [1.165, 1.54) is 17.7 Å². The monoisotopic (exact) mass is 304 g/mol. The van der Waals surface area contributed by atoms with Gasteiger partial charge in [0.25, 0.3) is 5.91 Å². The van der Waals surface area contributed by atoms with E-state index in [9.17, 15) is 4.79 Å². The summed E-state index contributed by atoms with van der Waals surface area (Å²) in [6.45, 7) is 10.3. The number of amides is 1.